The van der Waals surface area contributed by atoms with E-state index in [2.05, 4.69) is 9.97 Å². The molecule has 4 aromatic rings. The first-order valence-electron chi connectivity index (χ1n) is 7.46. The zero-order valence-corrected chi connectivity index (χ0v) is 14.8. The highest BCUT2D eigenvalue weighted by Gasteiger charge is 2.17. The minimum absolute atomic E-state index is 0.201. The van der Waals surface area contributed by atoms with Crippen molar-refractivity contribution < 1.29 is 4.39 Å². The standard InChI is InChI=1S/C18H12FN3OS2/c1-24-18-21-15-14(25-18)17(23)22(13-9-7-12(19)8-10-13)16(20-15)11-5-3-2-4-6-11/h2-10H,1H3. The van der Waals surface area contributed by atoms with Gasteiger partial charge >= 0.3 is 0 Å². The van der Waals surface area contributed by atoms with Gasteiger partial charge in [-0.2, -0.15) is 0 Å². The Morgan fingerprint density at radius 3 is 2.44 bits per heavy atom. The summed E-state index contributed by atoms with van der Waals surface area (Å²) in [6, 6.07) is 15.3. The lowest BCUT2D eigenvalue weighted by molar-refractivity contribution is 0.627. The highest BCUT2D eigenvalue weighted by atomic mass is 32.2. The molecule has 0 saturated heterocycles. The molecule has 0 aliphatic heterocycles. The number of thioether (sulfide) groups is 1. The SMILES string of the molecule is CSc1nc2nc(-c3ccccc3)n(-c3ccc(F)cc3)c(=O)c2s1. The van der Waals surface area contributed by atoms with Crippen molar-refractivity contribution in [2.75, 3.05) is 6.26 Å². The lowest BCUT2D eigenvalue weighted by Crippen LogP contribution is -2.21. The molecule has 0 fully saturated rings. The molecule has 2 aromatic heterocycles. The maximum atomic E-state index is 13.3. The fraction of sp³-hybridized carbons (Fsp3) is 0.0556. The van der Waals surface area contributed by atoms with Crippen molar-refractivity contribution in [1.29, 1.82) is 0 Å². The Balaban J connectivity index is 2.08. The van der Waals surface area contributed by atoms with E-state index in [1.54, 1.807) is 12.1 Å². The van der Waals surface area contributed by atoms with Crippen molar-refractivity contribution in [2.45, 2.75) is 4.34 Å². The number of halogens is 1. The molecule has 0 aliphatic rings. The number of benzene rings is 2. The highest BCUT2D eigenvalue weighted by Crippen LogP contribution is 2.28. The van der Waals surface area contributed by atoms with Gasteiger partial charge in [0.2, 0.25) is 0 Å². The summed E-state index contributed by atoms with van der Waals surface area (Å²) in [5.41, 5.74) is 1.60. The van der Waals surface area contributed by atoms with Gasteiger partial charge in [-0.15, -0.1) is 11.3 Å². The van der Waals surface area contributed by atoms with Gasteiger partial charge < -0.3 is 0 Å². The van der Waals surface area contributed by atoms with Gasteiger partial charge in [-0.05, 0) is 30.5 Å². The maximum absolute atomic E-state index is 13.3. The van der Waals surface area contributed by atoms with Gasteiger partial charge in [0.25, 0.3) is 5.56 Å². The number of thiazole rings is 1. The van der Waals surface area contributed by atoms with E-state index >= 15 is 0 Å². The molecule has 2 aromatic carbocycles. The second-order valence-corrected chi connectivity index (χ2v) is 7.31. The van der Waals surface area contributed by atoms with E-state index in [4.69, 9.17) is 0 Å². The Bertz CT molecular complexity index is 1110. The van der Waals surface area contributed by atoms with Crippen LogP contribution in [-0.2, 0) is 0 Å². The first-order chi connectivity index (χ1) is 12.2. The first-order valence-corrected chi connectivity index (χ1v) is 9.50. The van der Waals surface area contributed by atoms with Gasteiger partial charge in [-0.1, -0.05) is 42.1 Å². The molecule has 25 heavy (non-hydrogen) atoms. The lowest BCUT2D eigenvalue weighted by Gasteiger charge is -2.12. The molecule has 0 saturated carbocycles. The number of hydrogen-bond donors (Lipinski definition) is 0. The molecule has 4 rings (SSSR count). The van der Waals surface area contributed by atoms with Crippen LogP contribution in [0, 0.1) is 5.82 Å². The monoisotopic (exact) mass is 369 g/mol. The predicted octanol–water partition coefficient (Wildman–Crippen LogP) is 4.37. The van der Waals surface area contributed by atoms with Crippen LogP contribution >= 0.6 is 23.1 Å². The molecule has 4 nitrogen and oxygen atoms in total. The molecule has 124 valence electrons. The summed E-state index contributed by atoms with van der Waals surface area (Å²) < 4.78 is 16.1. The molecule has 0 unspecified atom stereocenters. The average molecular weight is 369 g/mol. The topological polar surface area (TPSA) is 47.8 Å². The summed E-state index contributed by atoms with van der Waals surface area (Å²) in [7, 11) is 0. The lowest BCUT2D eigenvalue weighted by atomic mass is 10.2. The van der Waals surface area contributed by atoms with Gasteiger partial charge in [-0.3, -0.25) is 9.36 Å². The van der Waals surface area contributed by atoms with Gasteiger partial charge in [0, 0.05) is 5.56 Å². The molecule has 7 heteroatoms. The number of hydrogen-bond acceptors (Lipinski definition) is 5. The Hall–Kier alpha value is -2.51. The number of nitrogens with zero attached hydrogens (tertiary/aromatic N) is 3. The van der Waals surface area contributed by atoms with E-state index < -0.39 is 0 Å². The van der Waals surface area contributed by atoms with E-state index in [0.29, 0.717) is 21.9 Å². The zero-order chi connectivity index (χ0) is 17.4. The van der Waals surface area contributed by atoms with E-state index in [9.17, 15) is 9.18 Å². The second kappa shape index (κ2) is 6.42. The Morgan fingerprint density at radius 1 is 1.04 bits per heavy atom. The van der Waals surface area contributed by atoms with E-state index in [-0.39, 0.29) is 11.4 Å². The minimum atomic E-state index is -0.352. The Kier molecular flexibility index (Phi) is 4.10. The van der Waals surface area contributed by atoms with Crippen molar-refractivity contribution in [3.05, 3.63) is 70.8 Å². The summed E-state index contributed by atoms with van der Waals surface area (Å²) in [6.45, 7) is 0. The van der Waals surface area contributed by atoms with Crippen molar-refractivity contribution in [3.63, 3.8) is 0 Å². The van der Waals surface area contributed by atoms with Gasteiger partial charge in [0.1, 0.15) is 16.3 Å². The van der Waals surface area contributed by atoms with Gasteiger partial charge in [-0.25, -0.2) is 14.4 Å². The summed E-state index contributed by atoms with van der Waals surface area (Å²) in [6.07, 6.45) is 1.91. The number of rotatable bonds is 3. The molecular weight excluding hydrogens is 357 g/mol. The van der Waals surface area contributed by atoms with Crippen LogP contribution in [0.15, 0.2) is 63.7 Å². The average Bonchev–Trinajstić information content (AvgIpc) is 3.07. The van der Waals surface area contributed by atoms with Crippen LogP contribution in [0.4, 0.5) is 4.39 Å². The molecular formula is C18H12FN3OS2. The van der Waals surface area contributed by atoms with Crippen LogP contribution in [0.3, 0.4) is 0 Å². The molecule has 0 atom stereocenters. The largest absolute Gasteiger partial charge is 0.278 e. The predicted molar refractivity (Wildman–Crippen MR) is 100 cm³/mol. The van der Waals surface area contributed by atoms with Crippen molar-refractivity contribution in [2.24, 2.45) is 0 Å². The smallest absolute Gasteiger partial charge is 0.267 e. The van der Waals surface area contributed by atoms with Crippen molar-refractivity contribution in [3.8, 4) is 17.1 Å². The summed E-state index contributed by atoms with van der Waals surface area (Å²) >= 11 is 2.80. The molecule has 0 aliphatic carbocycles. The fourth-order valence-electron chi connectivity index (χ4n) is 2.55. The Labute approximate surface area is 151 Å². The summed E-state index contributed by atoms with van der Waals surface area (Å²) in [5, 5.41) is 0. The third-order valence-corrected chi connectivity index (χ3v) is 5.72. The number of fused-ring (bicyclic) bond motifs is 1. The van der Waals surface area contributed by atoms with E-state index in [1.807, 2.05) is 36.6 Å². The normalized spacial score (nSPS) is 11.1. The van der Waals surface area contributed by atoms with Gasteiger partial charge in [0.15, 0.2) is 9.99 Å². The van der Waals surface area contributed by atoms with Crippen LogP contribution in [0.2, 0.25) is 0 Å². The number of aromatic nitrogens is 3. The highest BCUT2D eigenvalue weighted by molar-refractivity contribution is 8.00. The summed E-state index contributed by atoms with van der Waals surface area (Å²) in [5.74, 6) is 0.136. The van der Waals surface area contributed by atoms with Crippen LogP contribution in [-0.4, -0.2) is 20.8 Å². The third kappa shape index (κ3) is 2.85. The minimum Gasteiger partial charge on any atom is -0.267 e. The van der Waals surface area contributed by atoms with Crippen LogP contribution in [0.1, 0.15) is 0 Å². The third-order valence-electron chi connectivity index (χ3n) is 3.70. The van der Waals surface area contributed by atoms with Crippen molar-refractivity contribution in [1.82, 2.24) is 14.5 Å². The van der Waals surface area contributed by atoms with E-state index in [1.165, 1.54) is 39.8 Å². The molecule has 0 bridgehead atoms. The molecule has 2 heterocycles. The quantitative estimate of drug-likeness (QED) is 0.503. The van der Waals surface area contributed by atoms with Crippen LogP contribution in [0.5, 0.6) is 0 Å². The van der Waals surface area contributed by atoms with E-state index in [0.717, 1.165) is 9.90 Å². The molecule has 0 radical (unpaired) electrons. The fourth-order valence-corrected chi connectivity index (χ4v) is 3.98. The van der Waals surface area contributed by atoms with Crippen LogP contribution < -0.4 is 5.56 Å². The van der Waals surface area contributed by atoms with Crippen LogP contribution in [0.25, 0.3) is 27.4 Å². The molecule has 0 spiro atoms. The maximum Gasteiger partial charge on any atom is 0.278 e. The zero-order valence-electron chi connectivity index (χ0n) is 13.1. The second-order valence-electron chi connectivity index (χ2n) is 5.26. The first kappa shape index (κ1) is 16.0. The molecule has 0 amide bonds. The summed E-state index contributed by atoms with van der Waals surface area (Å²) in [4.78, 5) is 22.2. The Morgan fingerprint density at radius 2 is 1.76 bits per heavy atom. The molecule has 0 N–H and O–H groups in total. The van der Waals surface area contributed by atoms with Gasteiger partial charge in [0.05, 0.1) is 5.69 Å². The van der Waals surface area contributed by atoms with Crippen molar-refractivity contribution >= 4 is 33.4 Å².